The molecule has 2 aromatic rings. The van der Waals surface area contributed by atoms with Crippen molar-refractivity contribution in [2.24, 2.45) is 5.92 Å². The molecule has 1 heterocycles. The van der Waals surface area contributed by atoms with E-state index in [9.17, 15) is 0 Å². The molecule has 4 nitrogen and oxygen atoms in total. The summed E-state index contributed by atoms with van der Waals surface area (Å²) in [6.07, 6.45) is 2.85. The predicted molar refractivity (Wildman–Crippen MR) is 79.3 cm³/mol. The zero-order chi connectivity index (χ0) is 14.4. The summed E-state index contributed by atoms with van der Waals surface area (Å²) in [6, 6.07) is 14.2. The smallest absolute Gasteiger partial charge is 0.0923 e. The van der Waals surface area contributed by atoms with Crippen LogP contribution in [-0.4, -0.2) is 9.78 Å². The lowest BCUT2D eigenvalue weighted by atomic mass is 10.1. The first-order valence-electron chi connectivity index (χ1n) is 6.29. The molecule has 0 aliphatic rings. The number of nitrogens with zero attached hydrogens (tertiary/aromatic N) is 4. The maximum atomic E-state index is 9.06. The van der Waals surface area contributed by atoms with Crippen molar-refractivity contribution < 1.29 is 0 Å². The van der Waals surface area contributed by atoms with Crippen LogP contribution in [0, 0.1) is 28.6 Å². The van der Waals surface area contributed by atoms with E-state index in [2.05, 4.69) is 33.2 Å². The molecule has 0 aliphatic carbocycles. The molecule has 1 unspecified atom stereocenters. The summed E-state index contributed by atoms with van der Waals surface area (Å²) >= 11 is 3.40. The molecule has 0 spiro atoms. The number of benzene rings is 1. The van der Waals surface area contributed by atoms with Gasteiger partial charge in [-0.15, -0.1) is 0 Å². The SMILES string of the molecule is N#CCCC(C#N)Cn1ccc(-c2ccc(Br)cc2)n1. The first-order valence-corrected chi connectivity index (χ1v) is 7.08. The van der Waals surface area contributed by atoms with Gasteiger partial charge in [0.25, 0.3) is 0 Å². The first-order chi connectivity index (χ1) is 9.72. The second-order valence-corrected chi connectivity index (χ2v) is 5.37. The fraction of sp³-hybridized carbons (Fsp3) is 0.267. The second-order valence-electron chi connectivity index (χ2n) is 4.45. The molecule has 2 rings (SSSR count). The Morgan fingerprint density at radius 1 is 1.20 bits per heavy atom. The van der Waals surface area contributed by atoms with Crippen LogP contribution < -0.4 is 0 Å². The summed E-state index contributed by atoms with van der Waals surface area (Å²) in [6.45, 7) is 0.523. The van der Waals surface area contributed by atoms with Crippen molar-refractivity contribution in [3.05, 3.63) is 41.0 Å². The normalized spacial score (nSPS) is 11.6. The van der Waals surface area contributed by atoms with Gasteiger partial charge in [0.15, 0.2) is 0 Å². The third kappa shape index (κ3) is 3.69. The number of halogens is 1. The summed E-state index contributed by atoms with van der Waals surface area (Å²) in [4.78, 5) is 0. The van der Waals surface area contributed by atoms with Crippen LogP contribution in [-0.2, 0) is 6.54 Å². The lowest BCUT2D eigenvalue weighted by Gasteiger charge is -2.06. The van der Waals surface area contributed by atoms with Crippen molar-refractivity contribution in [1.29, 1.82) is 10.5 Å². The Balaban J connectivity index is 2.07. The van der Waals surface area contributed by atoms with Crippen LogP contribution in [0.1, 0.15) is 12.8 Å². The Morgan fingerprint density at radius 2 is 1.95 bits per heavy atom. The number of nitriles is 2. The number of aromatic nitrogens is 2. The van der Waals surface area contributed by atoms with Crippen LogP contribution in [0.15, 0.2) is 41.0 Å². The van der Waals surface area contributed by atoms with E-state index in [0.717, 1.165) is 15.7 Å². The lowest BCUT2D eigenvalue weighted by Crippen LogP contribution is -2.09. The molecule has 0 saturated heterocycles. The standard InChI is InChI=1S/C15H13BrN4/c16-14-5-3-13(4-6-14)15-7-9-20(19-15)11-12(10-18)2-1-8-17/h3-7,9,12H,1-2,11H2. The minimum absolute atomic E-state index is 0.174. The second kappa shape index (κ2) is 6.88. The number of rotatable bonds is 5. The molecule has 1 atom stereocenters. The molecule has 0 fully saturated rings. The summed E-state index contributed by atoms with van der Waals surface area (Å²) in [5.41, 5.74) is 1.92. The largest absolute Gasteiger partial charge is 0.271 e. The maximum Gasteiger partial charge on any atom is 0.0923 e. The molecule has 1 aromatic carbocycles. The summed E-state index contributed by atoms with van der Waals surface area (Å²) in [5, 5.41) is 22.1. The van der Waals surface area contributed by atoms with Crippen molar-refractivity contribution in [3.8, 4) is 23.4 Å². The van der Waals surface area contributed by atoms with E-state index in [1.165, 1.54) is 0 Å². The highest BCUT2D eigenvalue weighted by Gasteiger charge is 2.10. The van der Waals surface area contributed by atoms with Gasteiger partial charge >= 0.3 is 0 Å². The predicted octanol–water partition coefficient (Wildman–Crippen LogP) is 3.76. The van der Waals surface area contributed by atoms with E-state index in [0.29, 0.717) is 19.4 Å². The van der Waals surface area contributed by atoms with E-state index in [-0.39, 0.29) is 5.92 Å². The first kappa shape index (κ1) is 14.3. The Morgan fingerprint density at radius 3 is 2.60 bits per heavy atom. The molecule has 5 heteroatoms. The Labute approximate surface area is 126 Å². The van der Waals surface area contributed by atoms with Crippen LogP contribution >= 0.6 is 15.9 Å². The van der Waals surface area contributed by atoms with Crippen molar-refractivity contribution in [3.63, 3.8) is 0 Å². The van der Waals surface area contributed by atoms with E-state index in [1.807, 2.05) is 36.5 Å². The fourth-order valence-corrected chi connectivity index (χ4v) is 2.16. The van der Waals surface area contributed by atoms with Crippen LogP contribution in [0.25, 0.3) is 11.3 Å². The molecule has 0 bridgehead atoms. The van der Waals surface area contributed by atoms with Crippen molar-refractivity contribution in [1.82, 2.24) is 9.78 Å². The van der Waals surface area contributed by atoms with Crippen LogP contribution in [0.4, 0.5) is 0 Å². The van der Waals surface area contributed by atoms with Crippen LogP contribution in [0.2, 0.25) is 0 Å². The van der Waals surface area contributed by atoms with Gasteiger partial charge in [0.1, 0.15) is 0 Å². The average molecular weight is 329 g/mol. The molecular weight excluding hydrogens is 316 g/mol. The van der Waals surface area contributed by atoms with Crippen molar-refractivity contribution >= 4 is 15.9 Å². The number of hydrogen-bond acceptors (Lipinski definition) is 3. The topological polar surface area (TPSA) is 65.4 Å². The Kier molecular flexibility index (Phi) is 4.92. The highest BCUT2D eigenvalue weighted by molar-refractivity contribution is 9.10. The van der Waals surface area contributed by atoms with Gasteiger partial charge in [-0.25, -0.2) is 0 Å². The maximum absolute atomic E-state index is 9.06. The van der Waals surface area contributed by atoms with Gasteiger partial charge in [0, 0.05) is 22.7 Å². The zero-order valence-corrected chi connectivity index (χ0v) is 12.4. The summed E-state index contributed by atoms with van der Waals surface area (Å²) < 4.78 is 2.80. The lowest BCUT2D eigenvalue weighted by molar-refractivity contribution is 0.477. The van der Waals surface area contributed by atoms with Gasteiger partial charge in [0.2, 0.25) is 0 Å². The van der Waals surface area contributed by atoms with Crippen LogP contribution in [0.5, 0.6) is 0 Å². The molecule has 0 aliphatic heterocycles. The van der Waals surface area contributed by atoms with Gasteiger partial charge in [-0.2, -0.15) is 15.6 Å². The molecule has 100 valence electrons. The van der Waals surface area contributed by atoms with E-state index in [1.54, 1.807) is 4.68 Å². The Bertz CT molecular complexity index is 646. The minimum Gasteiger partial charge on any atom is -0.271 e. The van der Waals surface area contributed by atoms with Crippen LogP contribution in [0.3, 0.4) is 0 Å². The molecule has 0 amide bonds. The highest BCUT2D eigenvalue weighted by atomic mass is 79.9. The van der Waals surface area contributed by atoms with E-state index >= 15 is 0 Å². The third-order valence-corrected chi connectivity index (χ3v) is 3.50. The minimum atomic E-state index is -0.174. The van der Waals surface area contributed by atoms with Gasteiger partial charge in [-0.1, -0.05) is 28.1 Å². The molecule has 0 saturated carbocycles. The number of hydrogen-bond donors (Lipinski definition) is 0. The third-order valence-electron chi connectivity index (χ3n) is 2.98. The van der Waals surface area contributed by atoms with E-state index in [4.69, 9.17) is 10.5 Å². The fourth-order valence-electron chi connectivity index (χ4n) is 1.90. The van der Waals surface area contributed by atoms with E-state index < -0.39 is 0 Å². The van der Waals surface area contributed by atoms with Crippen molar-refractivity contribution in [2.45, 2.75) is 19.4 Å². The van der Waals surface area contributed by atoms with Gasteiger partial charge in [-0.3, -0.25) is 4.68 Å². The molecule has 0 radical (unpaired) electrons. The molecule has 0 N–H and O–H groups in total. The molecular formula is C15H13BrN4. The van der Waals surface area contributed by atoms with Gasteiger partial charge in [0.05, 0.1) is 30.3 Å². The monoisotopic (exact) mass is 328 g/mol. The molecule has 1 aromatic heterocycles. The quantitative estimate of drug-likeness (QED) is 0.839. The average Bonchev–Trinajstić information content (AvgIpc) is 2.92. The van der Waals surface area contributed by atoms with Gasteiger partial charge in [-0.05, 0) is 24.6 Å². The Hall–Kier alpha value is -2.11. The van der Waals surface area contributed by atoms with Crippen molar-refractivity contribution in [2.75, 3.05) is 0 Å². The summed E-state index contributed by atoms with van der Waals surface area (Å²) in [7, 11) is 0. The zero-order valence-electron chi connectivity index (χ0n) is 10.8. The van der Waals surface area contributed by atoms with Gasteiger partial charge < -0.3 is 0 Å². The summed E-state index contributed by atoms with van der Waals surface area (Å²) in [5.74, 6) is -0.174. The highest BCUT2D eigenvalue weighted by Crippen LogP contribution is 2.20. The molecule has 20 heavy (non-hydrogen) atoms.